The zero-order valence-corrected chi connectivity index (χ0v) is 13.8. The fourth-order valence-corrected chi connectivity index (χ4v) is 2.82. The van der Waals surface area contributed by atoms with Crippen molar-refractivity contribution in [2.45, 2.75) is 25.2 Å². The largest absolute Gasteiger partial charge is 0.467 e. The molecule has 0 radical (unpaired) electrons. The van der Waals surface area contributed by atoms with Gasteiger partial charge in [-0.15, -0.1) is 0 Å². The van der Waals surface area contributed by atoms with E-state index in [2.05, 4.69) is 22.6 Å². The second kappa shape index (κ2) is 7.74. The maximum Gasteiger partial charge on any atom is 0.335 e. The van der Waals surface area contributed by atoms with E-state index < -0.39 is 24.0 Å². The molecular weight excluding hydrogens is 387 g/mol. The molecule has 3 atom stereocenters. The minimum absolute atomic E-state index is 0.121. The van der Waals surface area contributed by atoms with Gasteiger partial charge in [0.1, 0.15) is 6.61 Å². The third-order valence-corrected chi connectivity index (χ3v) is 4.34. The van der Waals surface area contributed by atoms with Crippen molar-refractivity contribution in [3.8, 4) is 0 Å². The van der Waals surface area contributed by atoms with Crippen molar-refractivity contribution in [3.63, 3.8) is 0 Å². The highest BCUT2D eigenvalue weighted by molar-refractivity contribution is 14.1. The molecule has 0 N–H and O–H groups in total. The van der Waals surface area contributed by atoms with Crippen molar-refractivity contribution in [3.05, 3.63) is 35.9 Å². The van der Waals surface area contributed by atoms with Crippen LogP contribution in [0.1, 0.15) is 12.0 Å². The van der Waals surface area contributed by atoms with Gasteiger partial charge in [0.2, 0.25) is 0 Å². The number of hydrogen-bond donors (Lipinski definition) is 0. The fourth-order valence-electron chi connectivity index (χ4n) is 2.26. The van der Waals surface area contributed by atoms with E-state index in [0.717, 1.165) is 5.56 Å². The highest BCUT2D eigenvalue weighted by Gasteiger charge is 2.45. The molecule has 21 heavy (non-hydrogen) atoms. The summed E-state index contributed by atoms with van der Waals surface area (Å²) >= 11 is 2.17. The standard InChI is InChI=1S/C15H17IO5/c1-19-15(18)13-12(7-11(8-16)21-13)14(17)20-9-10-5-3-2-4-6-10/h2-6,11-13H,7-9H2,1H3/t11?,12-,13-/m0/s1. The van der Waals surface area contributed by atoms with Crippen molar-refractivity contribution in [2.24, 2.45) is 5.92 Å². The summed E-state index contributed by atoms with van der Waals surface area (Å²) in [7, 11) is 1.29. The van der Waals surface area contributed by atoms with E-state index in [1.165, 1.54) is 7.11 Å². The Balaban J connectivity index is 1.97. The Morgan fingerprint density at radius 1 is 1.29 bits per heavy atom. The van der Waals surface area contributed by atoms with Gasteiger partial charge in [0.25, 0.3) is 0 Å². The number of alkyl halides is 1. The number of carbonyl (C=O) groups is 2. The van der Waals surface area contributed by atoms with Crippen LogP contribution in [0.25, 0.3) is 0 Å². The Morgan fingerprint density at radius 3 is 2.62 bits per heavy atom. The van der Waals surface area contributed by atoms with E-state index in [4.69, 9.17) is 14.2 Å². The van der Waals surface area contributed by atoms with Gasteiger partial charge in [0.15, 0.2) is 6.10 Å². The average molecular weight is 404 g/mol. The molecule has 2 rings (SSSR count). The summed E-state index contributed by atoms with van der Waals surface area (Å²) in [5.74, 6) is -1.54. The molecule has 5 nitrogen and oxygen atoms in total. The van der Waals surface area contributed by atoms with Gasteiger partial charge in [-0.25, -0.2) is 4.79 Å². The average Bonchev–Trinajstić information content (AvgIpc) is 2.97. The molecule has 1 fully saturated rings. The first kappa shape index (κ1) is 16.2. The van der Waals surface area contributed by atoms with Crippen LogP contribution in [0, 0.1) is 5.92 Å². The van der Waals surface area contributed by atoms with E-state index in [1.54, 1.807) is 0 Å². The molecule has 0 aliphatic carbocycles. The normalized spacial score (nSPS) is 24.6. The zero-order chi connectivity index (χ0) is 15.2. The molecule has 1 aliphatic rings. The smallest absolute Gasteiger partial charge is 0.335 e. The summed E-state index contributed by atoms with van der Waals surface area (Å²) in [5, 5.41) is 0. The van der Waals surface area contributed by atoms with E-state index >= 15 is 0 Å². The first-order valence-electron chi connectivity index (χ1n) is 6.65. The molecule has 0 saturated carbocycles. The number of methoxy groups -OCH3 is 1. The van der Waals surface area contributed by atoms with Gasteiger partial charge < -0.3 is 14.2 Å². The monoisotopic (exact) mass is 404 g/mol. The molecule has 1 unspecified atom stereocenters. The predicted octanol–water partition coefficient (Wildman–Crippen LogP) is 2.11. The SMILES string of the molecule is COC(=O)[C@H]1OC(CI)C[C@@H]1C(=O)OCc1ccccc1. The van der Waals surface area contributed by atoms with Gasteiger partial charge in [-0.1, -0.05) is 52.9 Å². The van der Waals surface area contributed by atoms with Crippen LogP contribution >= 0.6 is 22.6 Å². The van der Waals surface area contributed by atoms with Gasteiger partial charge in [-0.05, 0) is 12.0 Å². The third-order valence-electron chi connectivity index (χ3n) is 3.35. The van der Waals surface area contributed by atoms with Crippen LogP contribution in [0.3, 0.4) is 0 Å². The number of halogens is 1. The lowest BCUT2D eigenvalue weighted by Crippen LogP contribution is -2.33. The molecule has 114 valence electrons. The molecular formula is C15H17IO5. The number of ether oxygens (including phenoxy) is 3. The minimum Gasteiger partial charge on any atom is -0.467 e. The summed E-state index contributed by atoms with van der Waals surface area (Å²) in [4.78, 5) is 23.9. The first-order chi connectivity index (χ1) is 10.2. The van der Waals surface area contributed by atoms with Gasteiger partial charge in [0, 0.05) is 4.43 Å². The molecule has 0 amide bonds. The van der Waals surface area contributed by atoms with E-state index in [9.17, 15) is 9.59 Å². The number of esters is 2. The van der Waals surface area contributed by atoms with Crippen LogP contribution < -0.4 is 0 Å². The highest BCUT2D eigenvalue weighted by Crippen LogP contribution is 2.30. The molecule has 6 heteroatoms. The topological polar surface area (TPSA) is 61.8 Å². The Labute approximate surface area is 137 Å². The van der Waals surface area contributed by atoms with Gasteiger partial charge in [-0.2, -0.15) is 0 Å². The maximum absolute atomic E-state index is 12.2. The molecule has 1 aliphatic heterocycles. The second-order valence-corrected chi connectivity index (χ2v) is 5.67. The van der Waals surface area contributed by atoms with Crippen LogP contribution in [-0.2, 0) is 30.4 Å². The van der Waals surface area contributed by atoms with Gasteiger partial charge in [0.05, 0.1) is 19.1 Å². The van der Waals surface area contributed by atoms with Crippen molar-refractivity contribution in [2.75, 3.05) is 11.5 Å². The fraction of sp³-hybridized carbons (Fsp3) is 0.467. The minimum atomic E-state index is -0.863. The Hall–Kier alpha value is -1.15. The molecule has 1 heterocycles. The Morgan fingerprint density at radius 2 is 2.00 bits per heavy atom. The van der Waals surface area contributed by atoms with Crippen LogP contribution in [0.15, 0.2) is 30.3 Å². The summed E-state index contributed by atoms with van der Waals surface area (Å²) in [5.41, 5.74) is 0.907. The summed E-state index contributed by atoms with van der Waals surface area (Å²) < 4.78 is 16.3. The number of hydrogen-bond acceptors (Lipinski definition) is 5. The first-order valence-corrected chi connectivity index (χ1v) is 8.18. The second-order valence-electron chi connectivity index (χ2n) is 4.79. The molecule has 1 aromatic rings. The maximum atomic E-state index is 12.2. The highest BCUT2D eigenvalue weighted by atomic mass is 127. The van der Waals surface area contributed by atoms with Gasteiger partial charge >= 0.3 is 11.9 Å². The molecule has 1 saturated heterocycles. The van der Waals surface area contributed by atoms with E-state index in [0.29, 0.717) is 10.8 Å². The summed E-state index contributed by atoms with van der Waals surface area (Å²) in [6.45, 7) is 0.193. The number of benzene rings is 1. The molecule has 0 bridgehead atoms. The van der Waals surface area contributed by atoms with Gasteiger partial charge in [-0.3, -0.25) is 4.79 Å². The van der Waals surface area contributed by atoms with Crippen molar-refractivity contribution in [1.29, 1.82) is 0 Å². The van der Waals surface area contributed by atoms with E-state index in [1.807, 2.05) is 30.3 Å². The lowest BCUT2D eigenvalue weighted by Gasteiger charge is -2.15. The van der Waals surface area contributed by atoms with Crippen molar-refractivity contribution in [1.82, 2.24) is 0 Å². The van der Waals surface area contributed by atoms with Crippen LogP contribution in [-0.4, -0.2) is 35.7 Å². The quantitative estimate of drug-likeness (QED) is 0.428. The zero-order valence-electron chi connectivity index (χ0n) is 11.7. The molecule has 0 aromatic heterocycles. The van der Waals surface area contributed by atoms with E-state index in [-0.39, 0.29) is 12.7 Å². The Bertz CT molecular complexity index is 490. The third kappa shape index (κ3) is 4.16. The van der Waals surface area contributed by atoms with Crippen molar-refractivity contribution < 1.29 is 23.8 Å². The summed E-state index contributed by atoms with van der Waals surface area (Å²) in [6.07, 6.45) is -0.502. The predicted molar refractivity (Wildman–Crippen MR) is 83.9 cm³/mol. The molecule has 1 aromatic carbocycles. The van der Waals surface area contributed by atoms with Crippen LogP contribution in [0.5, 0.6) is 0 Å². The lowest BCUT2D eigenvalue weighted by atomic mass is 10.00. The van der Waals surface area contributed by atoms with Crippen molar-refractivity contribution >= 4 is 34.5 Å². The molecule has 0 spiro atoms. The van der Waals surface area contributed by atoms with Crippen LogP contribution in [0.4, 0.5) is 0 Å². The van der Waals surface area contributed by atoms with Crippen LogP contribution in [0.2, 0.25) is 0 Å². The number of carbonyl (C=O) groups excluding carboxylic acids is 2. The number of rotatable bonds is 5. The summed E-state index contributed by atoms with van der Waals surface area (Å²) in [6, 6.07) is 9.42. The lowest BCUT2D eigenvalue weighted by molar-refractivity contribution is -0.163. The Kier molecular flexibility index (Phi) is 5.98.